The van der Waals surface area contributed by atoms with Crippen molar-refractivity contribution in [2.24, 2.45) is 16.7 Å². The molecule has 0 saturated carbocycles. The minimum Gasteiger partial charge on any atom is -0.511 e. The molecular weight excluding hydrogens is 448 g/mol. The summed E-state index contributed by atoms with van der Waals surface area (Å²) in [6.45, 7) is 11.9. The van der Waals surface area contributed by atoms with Crippen LogP contribution in [-0.4, -0.2) is 37.8 Å². The minimum absolute atomic E-state index is 0.0437. The smallest absolute Gasteiger partial charge is 0.175 e. The maximum Gasteiger partial charge on any atom is 0.175 e. The van der Waals surface area contributed by atoms with Gasteiger partial charge < -0.3 is 20.4 Å². The van der Waals surface area contributed by atoms with E-state index < -0.39 is 57.1 Å². The van der Waals surface area contributed by atoms with E-state index in [9.17, 15) is 34.8 Å². The fraction of sp³-hybridized carbons (Fsp3) is 0.607. The quantitative estimate of drug-likeness (QED) is 0.178. The SMILES string of the molecule is CCCCCCC(=O)c1c(O)cc(O)c([C@@H](CC(C)C)C2=C(O)C(C)(C)C(=O)C(C)(C)C2=O)c1O. The van der Waals surface area contributed by atoms with Gasteiger partial charge in [-0.05, 0) is 46.5 Å². The number of rotatable bonds is 10. The van der Waals surface area contributed by atoms with Crippen LogP contribution in [0.3, 0.4) is 0 Å². The largest absolute Gasteiger partial charge is 0.511 e. The molecule has 0 amide bonds. The van der Waals surface area contributed by atoms with Gasteiger partial charge in [-0.2, -0.15) is 0 Å². The van der Waals surface area contributed by atoms with E-state index in [2.05, 4.69) is 0 Å². The van der Waals surface area contributed by atoms with Crippen LogP contribution in [0, 0.1) is 16.7 Å². The molecule has 0 spiro atoms. The van der Waals surface area contributed by atoms with Crippen molar-refractivity contribution < 1.29 is 34.8 Å². The van der Waals surface area contributed by atoms with Gasteiger partial charge in [-0.3, -0.25) is 14.4 Å². The van der Waals surface area contributed by atoms with Crippen molar-refractivity contribution in [2.45, 2.75) is 92.9 Å². The first kappa shape index (κ1) is 28.4. The Morgan fingerprint density at radius 1 is 0.914 bits per heavy atom. The van der Waals surface area contributed by atoms with Crippen molar-refractivity contribution >= 4 is 17.3 Å². The molecular formula is C28H40O7. The van der Waals surface area contributed by atoms with Crippen molar-refractivity contribution in [1.29, 1.82) is 0 Å². The molecule has 1 aliphatic rings. The summed E-state index contributed by atoms with van der Waals surface area (Å²) in [4.78, 5) is 39.5. The van der Waals surface area contributed by atoms with Crippen molar-refractivity contribution in [2.75, 3.05) is 0 Å². The van der Waals surface area contributed by atoms with Crippen LogP contribution in [0.15, 0.2) is 17.4 Å². The maximum atomic E-state index is 13.5. The highest BCUT2D eigenvalue weighted by Crippen LogP contribution is 2.52. The highest BCUT2D eigenvalue weighted by atomic mass is 16.3. The third kappa shape index (κ3) is 5.24. The van der Waals surface area contributed by atoms with E-state index in [1.54, 1.807) is 0 Å². The number of ketones is 3. The van der Waals surface area contributed by atoms with E-state index in [-0.39, 0.29) is 35.5 Å². The van der Waals surface area contributed by atoms with Crippen molar-refractivity contribution in [3.05, 3.63) is 28.5 Å². The van der Waals surface area contributed by atoms with Gasteiger partial charge in [0.05, 0.1) is 10.8 Å². The van der Waals surface area contributed by atoms with Crippen LogP contribution in [-0.2, 0) is 9.59 Å². The molecule has 1 atom stereocenters. The Bertz CT molecular complexity index is 1040. The lowest BCUT2D eigenvalue weighted by Crippen LogP contribution is -2.49. The number of hydrogen-bond donors (Lipinski definition) is 4. The predicted molar refractivity (Wildman–Crippen MR) is 134 cm³/mol. The zero-order valence-corrected chi connectivity index (χ0v) is 22.0. The fourth-order valence-electron chi connectivity index (χ4n) is 5.06. The number of benzene rings is 1. The normalized spacial score (nSPS) is 18.3. The third-order valence-electron chi connectivity index (χ3n) is 7.03. The summed E-state index contributed by atoms with van der Waals surface area (Å²) in [6, 6.07) is 0.994. The Hall–Kier alpha value is -2.83. The summed E-state index contributed by atoms with van der Waals surface area (Å²) in [5.74, 6) is -4.58. The van der Waals surface area contributed by atoms with Gasteiger partial charge in [0.15, 0.2) is 17.3 Å². The second-order valence-corrected chi connectivity index (χ2v) is 11.1. The molecule has 0 bridgehead atoms. The van der Waals surface area contributed by atoms with Gasteiger partial charge in [-0.15, -0.1) is 0 Å². The summed E-state index contributed by atoms with van der Waals surface area (Å²) in [7, 11) is 0. The second kappa shape index (κ2) is 10.4. The fourth-order valence-corrected chi connectivity index (χ4v) is 5.06. The molecule has 1 aliphatic carbocycles. The first-order valence-electron chi connectivity index (χ1n) is 12.4. The minimum atomic E-state index is -1.43. The number of phenols is 3. The summed E-state index contributed by atoms with van der Waals surface area (Å²) in [5, 5.41) is 43.6. The molecule has 0 fully saturated rings. The van der Waals surface area contributed by atoms with Crippen molar-refractivity contribution in [3.8, 4) is 17.2 Å². The lowest BCUT2D eigenvalue weighted by Gasteiger charge is -2.41. The van der Waals surface area contributed by atoms with E-state index in [1.165, 1.54) is 27.7 Å². The second-order valence-electron chi connectivity index (χ2n) is 11.1. The number of hydrogen-bond acceptors (Lipinski definition) is 7. The first-order chi connectivity index (χ1) is 16.1. The van der Waals surface area contributed by atoms with Gasteiger partial charge in [-0.1, -0.05) is 40.0 Å². The Balaban J connectivity index is 2.76. The van der Waals surface area contributed by atoms with Crippen molar-refractivity contribution in [3.63, 3.8) is 0 Å². The van der Waals surface area contributed by atoms with E-state index in [0.717, 1.165) is 25.3 Å². The third-order valence-corrected chi connectivity index (χ3v) is 7.03. The van der Waals surface area contributed by atoms with Crippen molar-refractivity contribution in [1.82, 2.24) is 0 Å². The highest BCUT2D eigenvalue weighted by molar-refractivity contribution is 6.19. The molecule has 2 rings (SSSR count). The molecule has 4 N–H and O–H groups in total. The van der Waals surface area contributed by atoms with Gasteiger partial charge in [-0.25, -0.2) is 0 Å². The zero-order valence-electron chi connectivity index (χ0n) is 22.0. The number of aromatic hydroxyl groups is 3. The monoisotopic (exact) mass is 488 g/mol. The van der Waals surface area contributed by atoms with Gasteiger partial charge in [0, 0.05) is 29.5 Å². The number of carbonyl (C=O) groups excluding carboxylic acids is 3. The Kier molecular flexibility index (Phi) is 8.46. The summed E-state index contributed by atoms with van der Waals surface area (Å²) in [5.41, 5.74) is -3.27. The lowest BCUT2D eigenvalue weighted by atomic mass is 9.60. The number of Topliss-reactive ketones (excluding diaryl/α,β-unsaturated/α-hetero) is 3. The van der Waals surface area contributed by atoms with Crippen LogP contribution >= 0.6 is 0 Å². The topological polar surface area (TPSA) is 132 Å². The zero-order chi connectivity index (χ0) is 26.9. The molecule has 7 nitrogen and oxygen atoms in total. The van der Waals surface area contributed by atoms with Crippen LogP contribution in [0.5, 0.6) is 17.2 Å². The van der Waals surface area contributed by atoms with E-state index >= 15 is 0 Å². The van der Waals surface area contributed by atoms with E-state index in [1.807, 2.05) is 20.8 Å². The van der Waals surface area contributed by atoms with Gasteiger partial charge in [0.1, 0.15) is 28.6 Å². The molecule has 1 aromatic carbocycles. The number of phenolic OH excluding ortho intramolecular Hbond substituents is 3. The maximum absolute atomic E-state index is 13.5. The summed E-state index contributed by atoms with van der Waals surface area (Å²) in [6.07, 6.45) is 3.72. The van der Waals surface area contributed by atoms with Crippen LogP contribution in [0.4, 0.5) is 0 Å². The average molecular weight is 489 g/mol. The Labute approximate surface area is 207 Å². The van der Waals surface area contributed by atoms with Gasteiger partial charge in [0.2, 0.25) is 0 Å². The molecule has 0 heterocycles. The predicted octanol–water partition coefficient (Wildman–Crippen LogP) is 6.10. The average Bonchev–Trinajstić information content (AvgIpc) is 2.74. The van der Waals surface area contributed by atoms with Crippen LogP contribution in [0.1, 0.15) is 109 Å². The Morgan fingerprint density at radius 3 is 2.06 bits per heavy atom. The first-order valence-corrected chi connectivity index (χ1v) is 12.4. The highest BCUT2D eigenvalue weighted by Gasteiger charge is 2.55. The number of aliphatic hydroxyl groups excluding tert-OH is 1. The molecule has 0 aromatic heterocycles. The number of aliphatic hydroxyl groups is 1. The van der Waals surface area contributed by atoms with Gasteiger partial charge in [0.25, 0.3) is 0 Å². The van der Waals surface area contributed by atoms with Crippen LogP contribution in [0.2, 0.25) is 0 Å². The molecule has 194 valence electrons. The molecule has 0 saturated heterocycles. The molecule has 0 unspecified atom stereocenters. The lowest BCUT2D eigenvalue weighted by molar-refractivity contribution is -0.144. The van der Waals surface area contributed by atoms with Crippen LogP contribution in [0.25, 0.3) is 0 Å². The molecule has 0 aliphatic heterocycles. The Morgan fingerprint density at radius 2 is 1.51 bits per heavy atom. The molecule has 7 heteroatoms. The summed E-state index contributed by atoms with van der Waals surface area (Å²) < 4.78 is 0. The number of carbonyl (C=O) groups is 3. The molecule has 35 heavy (non-hydrogen) atoms. The molecule has 0 radical (unpaired) electrons. The number of unbranched alkanes of at least 4 members (excludes halogenated alkanes) is 3. The van der Waals surface area contributed by atoms with Gasteiger partial charge >= 0.3 is 0 Å². The standard InChI is InChI=1S/C28H40O7/c1-8-9-10-11-12-17(29)22-19(31)14-18(30)20(23(22)32)16(13-15(2)3)21-24(33)27(4,5)26(35)28(6,7)25(21)34/h14-16,30-33H,8-13H2,1-7H3/t16-/m1/s1. The van der Waals surface area contributed by atoms with E-state index in [0.29, 0.717) is 6.42 Å². The molecule has 1 aromatic rings. The number of allylic oxidation sites excluding steroid dienone is 2. The summed E-state index contributed by atoms with van der Waals surface area (Å²) >= 11 is 0. The van der Waals surface area contributed by atoms with Crippen LogP contribution < -0.4 is 0 Å². The van der Waals surface area contributed by atoms with E-state index in [4.69, 9.17) is 0 Å².